The largest absolute Gasteiger partial charge is 0.325 e. The first-order valence-corrected chi connectivity index (χ1v) is 12.0. The van der Waals surface area contributed by atoms with E-state index >= 15 is 0 Å². The highest BCUT2D eigenvalue weighted by Gasteiger charge is 2.36. The Morgan fingerprint density at radius 2 is 1.80 bits per heavy atom. The number of anilines is 2. The fraction of sp³-hybridized carbons (Fsp3) is 0.391. The van der Waals surface area contributed by atoms with Crippen LogP contribution >= 0.6 is 0 Å². The summed E-state index contributed by atoms with van der Waals surface area (Å²) in [6.45, 7) is 6.07. The predicted octanol–water partition coefficient (Wildman–Crippen LogP) is 3.99. The van der Waals surface area contributed by atoms with Gasteiger partial charge >= 0.3 is 0 Å². The summed E-state index contributed by atoms with van der Waals surface area (Å²) in [5, 5.41) is 2.74. The fourth-order valence-electron chi connectivity index (χ4n) is 3.72. The number of carbonyl (C=O) groups excluding carboxylic acids is 2. The summed E-state index contributed by atoms with van der Waals surface area (Å²) < 4.78 is 24.7. The minimum atomic E-state index is -3.47. The molecule has 2 unspecified atom stereocenters. The number of carbonyl (C=O) groups is 2. The van der Waals surface area contributed by atoms with Crippen LogP contribution in [0.3, 0.4) is 0 Å². The molecular weight excluding hydrogens is 400 g/mol. The molecule has 160 valence electrons. The van der Waals surface area contributed by atoms with Crippen LogP contribution in [0.5, 0.6) is 0 Å². The van der Waals surface area contributed by atoms with Crippen LogP contribution in [-0.2, 0) is 19.4 Å². The van der Waals surface area contributed by atoms with Crippen LogP contribution in [-0.4, -0.2) is 32.5 Å². The Hall–Kier alpha value is -2.67. The van der Waals surface area contributed by atoms with Gasteiger partial charge < -0.3 is 10.2 Å². The standard InChI is InChI=1S/C23H28N2O4S/c1-4-16(3)18-10-6-8-12-20(18)25-15-17(14-22(25)26)23(27)24-19-11-7-9-13-21(19)30(28,29)5-2/h6-13,16-17H,4-5,14-15H2,1-3H3,(H,24,27). The normalized spacial score (nSPS) is 17.8. The molecular formula is C23H28N2O4S. The average Bonchev–Trinajstić information content (AvgIpc) is 3.15. The van der Waals surface area contributed by atoms with Crippen LogP contribution in [0.2, 0.25) is 0 Å². The third-order valence-corrected chi connectivity index (χ3v) is 7.51. The van der Waals surface area contributed by atoms with Crippen LogP contribution in [0, 0.1) is 5.92 Å². The lowest BCUT2D eigenvalue weighted by atomic mass is 9.96. The maximum Gasteiger partial charge on any atom is 0.229 e. The zero-order valence-corrected chi connectivity index (χ0v) is 18.4. The zero-order valence-electron chi connectivity index (χ0n) is 17.6. The second-order valence-electron chi connectivity index (χ2n) is 7.66. The number of nitrogens with one attached hydrogen (secondary N) is 1. The Balaban J connectivity index is 1.81. The smallest absolute Gasteiger partial charge is 0.229 e. The van der Waals surface area contributed by atoms with Gasteiger partial charge in [0.2, 0.25) is 11.8 Å². The molecule has 1 fully saturated rings. The lowest BCUT2D eigenvalue weighted by Crippen LogP contribution is -2.29. The number of rotatable bonds is 7. The fourth-order valence-corrected chi connectivity index (χ4v) is 4.77. The van der Waals surface area contributed by atoms with E-state index in [0.29, 0.717) is 5.92 Å². The maximum atomic E-state index is 12.9. The van der Waals surface area contributed by atoms with E-state index in [2.05, 4.69) is 19.2 Å². The van der Waals surface area contributed by atoms with Crippen LogP contribution in [0.1, 0.15) is 45.1 Å². The summed E-state index contributed by atoms with van der Waals surface area (Å²) in [6, 6.07) is 14.2. The van der Waals surface area contributed by atoms with Gasteiger partial charge in [0, 0.05) is 18.7 Å². The van der Waals surface area contributed by atoms with Crippen LogP contribution in [0.15, 0.2) is 53.4 Å². The van der Waals surface area contributed by atoms with Crippen molar-refractivity contribution in [3.8, 4) is 0 Å². The van der Waals surface area contributed by atoms with Crippen molar-refractivity contribution in [2.75, 3.05) is 22.5 Å². The molecule has 0 saturated carbocycles. The van der Waals surface area contributed by atoms with E-state index in [9.17, 15) is 18.0 Å². The van der Waals surface area contributed by atoms with E-state index in [0.717, 1.165) is 17.7 Å². The SMILES string of the molecule is CCC(C)c1ccccc1N1CC(C(=O)Nc2ccccc2S(=O)(=O)CC)CC1=O. The highest BCUT2D eigenvalue weighted by molar-refractivity contribution is 7.91. The summed E-state index contributed by atoms with van der Waals surface area (Å²) in [7, 11) is -3.47. The highest BCUT2D eigenvalue weighted by atomic mass is 32.2. The average molecular weight is 429 g/mol. The number of sulfone groups is 1. The predicted molar refractivity (Wildman–Crippen MR) is 118 cm³/mol. The van der Waals surface area contributed by atoms with Gasteiger partial charge in [-0.2, -0.15) is 0 Å². The molecule has 1 aliphatic rings. The van der Waals surface area contributed by atoms with E-state index in [4.69, 9.17) is 0 Å². The zero-order chi connectivity index (χ0) is 21.9. The van der Waals surface area contributed by atoms with Crippen LogP contribution in [0.25, 0.3) is 0 Å². The Bertz CT molecular complexity index is 1050. The van der Waals surface area contributed by atoms with Crippen LogP contribution in [0.4, 0.5) is 11.4 Å². The third-order valence-electron chi connectivity index (χ3n) is 5.73. The number of nitrogens with zero attached hydrogens (tertiary/aromatic N) is 1. The van der Waals surface area contributed by atoms with E-state index in [-0.39, 0.29) is 41.1 Å². The molecule has 30 heavy (non-hydrogen) atoms. The number of benzene rings is 2. The van der Waals surface area contributed by atoms with Crippen molar-refractivity contribution in [2.24, 2.45) is 5.92 Å². The van der Waals surface area contributed by atoms with E-state index < -0.39 is 15.8 Å². The lowest BCUT2D eigenvalue weighted by Gasteiger charge is -2.23. The number of para-hydroxylation sites is 2. The number of amides is 2. The monoisotopic (exact) mass is 428 g/mol. The molecule has 2 amide bonds. The van der Waals surface area contributed by atoms with Gasteiger partial charge in [0.05, 0.1) is 22.3 Å². The topological polar surface area (TPSA) is 83.6 Å². The molecule has 2 atom stereocenters. The van der Waals surface area contributed by atoms with Gasteiger partial charge in [-0.3, -0.25) is 9.59 Å². The summed E-state index contributed by atoms with van der Waals surface area (Å²) >= 11 is 0. The molecule has 6 nitrogen and oxygen atoms in total. The molecule has 7 heteroatoms. The first-order valence-electron chi connectivity index (χ1n) is 10.3. The molecule has 1 aliphatic heterocycles. The third kappa shape index (κ3) is 4.41. The molecule has 2 aromatic rings. The van der Waals surface area contributed by atoms with Crippen molar-refractivity contribution >= 4 is 33.0 Å². The second-order valence-corrected chi connectivity index (χ2v) is 9.91. The second kappa shape index (κ2) is 9.00. The van der Waals surface area contributed by atoms with Crippen molar-refractivity contribution in [2.45, 2.75) is 44.4 Å². The Morgan fingerprint density at radius 1 is 1.13 bits per heavy atom. The van der Waals surface area contributed by atoms with Crippen molar-refractivity contribution in [3.63, 3.8) is 0 Å². The van der Waals surface area contributed by atoms with Gasteiger partial charge in [0.25, 0.3) is 0 Å². The van der Waals surface area contributed by atoms with Crippen molar-refractivity contribution in [1.82, 2.24) is 0 Å². The van der Waals surface area contributed by atoms with E-state index in [1.54, 1.807) is 30.0 Å². The maximum absolute atomic E-state index is 12.9. The molecule has 0 radical (unpaired) electrons. The van der Waals surface area contributed by atoms with Gasteiger partial charge in [-0.1, -0.05) is 51.1 Å². The first-order chi connectivity index (χ1) is 14.3. The van der Waals surface area contributed by atoms with Crippen LogP contribution < -0.4 is 10.2 Å². The van der Waals surface area contributed by atoms with Gasteiger partial charge in [-0.15, -0.1) is 0 Å². The van der Waals surface area contributed by atoms with Crippen molar-refractivity contribution in [1.29, 1.82) is 0 Å². The van der Waals surface area contributed by atoms with Gasteiger partial charge in [0.1, 0.15) is 0 Å². The minimum absolute atomic E-state index is 0.0536. The summed E-state index contributed by atoms with van der Waals surface area (Å²) in [6.07, 6.45) is 1.05. The Morgan fingerprint density at radius 3 is 2.50 bits per heavy atom. The van der Waals surface area contributed by atoms with E-state index in [1.807, 2.05) is 24.3 Å². The van der Waals surface area contributed by atoms with E-state index in [1.165, 1.54) is 6.07 Å². The Kier molecular flexibility index (Phi) is 6.61. The van der Waals surface area contributed by atoms with Crippen molar-refractivity contribution in [3.05, 3.63) is 54.1 Å². The molecule has 1 N–H and O–H groups in total. The van der Waals surface area contributed by atoms with Gasteiger partial charge in [-0.05, 0) is 36.1 Å². The molecule has 0 bridgehead atoms. The summed E-state index contributed by atoms with van der Waals surface area (Å²) in [4.78, 5) is 27.4. The number of hydrogen-bond donors (Lipinski definition) is 1. The number of hydrogen-bond acceptors (Lipinski definition) is 4. The molecule has 2 aromatic carbocycles. The highest BCUT2D eigenvalue weighted by Crippen LogP contribution is 2.34. The molecule has 0 aliphatic carbocycles. The Labute approximate surface area is 178 Å². The molecule has 1 saturated heterocycles. The minimum Gasteiger partial charge on any atom is -0.325 e. The summed E-state index contributed by atoms with van der Waals surface area (Å²) in [5.74, 6) is -0.735. The molecule has 3 rings (SSSR count). The molecule has 0 spiro atoms. The molecule has 0 aromatic heterocycles. The van der Waals surface area contributed by atoms with Gasteiger partial charge in [0.15, 0.2) is 9.84 Å². The molecule has 1 heterocycles. The van der Waals surface area contributed by atoms with Gasteiger partial charge in [-0.25, -0.2) is 8.42 Å². The first kappa shape index (κ1) is 22.0. The van der Waals surface area contributed by atoms with Crippen molar-refractivity contribution < 1.29 is 18.0 Å². The summed E-state index contributed by atoms with van der Waals surface area (Å²) in [5.41, 5.74) is 2.20. The lowest BCUT2D eigenvalue weighted by molar-refractivity contribution is -0.122. The quantitative estimate of drug-likeness (QED) is 0.723.